The molecule has 0 fully saturated rings. The lowest BCUT2D eigenvalue weighted by molar-refractivity contribution is 0.450. The van der Waals surface area contributed by atoms with Crippen molar-refractivity contribution in [3.05, 3.63) is 51.5 Å². The number of aromatic hydroxyl groups is 2. The molecule has 2 heterocycles. The SMILES string of the molecule is CN=c1scc(-c2cccs2)n1N=C(C)c1ccc(O)cc1O. The van der Waals surface area contributed by atoms with E-state index in [0.29, 0.717) is 11.3 Å². The lowest BCUT2D eigenvalue weighted by Gasteiger charge is -2.07. The Morgan fingerprint density at radius 3 is 2.65 bits per heavy atom. The molecule has 0 unspecified atom stereocenters. The molecule has 1 aromatic carbocycles. The van der Waals surface area contributed by atoms with Gasteiger partial charge < -0.3 is 10.2 Å². The second kappa shape index (κ2) is 6.39. The van der Waals surface area contributed by atoms with Gasteiger partial charge in [0, 0.05) is 24.1 Å². The van der Waals surface area contributed by atoms with Crippen LogP contribution in [0.25, 0.3) is 10.6 Å². The van der Waals surface area contributed by atoms with Gasteiger partial charge in [-0.3, -0.25) is 4.99 Å². The Hall–Kier alpha value is -2.38. The molecule has 0 saturated heterocycles. The lowest BCUT2D eigenvalue weighted by Crippen LogP contribution is -2.13. The number of hydrogen-bond acceptors (Lipinski definition) is 6. The minimum absolute atomic E-state index is 0.00487. The average molecular weight is 345 g/mol. The van der Waals surface area contributed by atoms with Gasteiger partial charge in [0.2, 0.25) is 4.80 Å². The zero-order valence-electron chi connectivity index (χ0n) is 12.6. The van der Waals surface area contributed by atoms with E-state index in [1.165, 1.54) is 23.5 Å². The van der Waals surface area contributed by atoms with Crippen molar-refractivity contribution in [1.29, 1.82) is 0 Å². The van der Waals surface area contributed by atoms with E-state index >= 15 is 0 Å². The highest BCUT2D eigenvalue weighted by molar-refractivity contribution is 7.14. The van der Waals surface area contributed by atoms with Gasteiger partial charge in [-0.05, 0) is 30.5 Å². The molecule has 23 heavy (non-hydrogen) atoms. The standard InChI is InChI=1S/C16H15N3O2S2/c1-10(12-6-5-11(20)8-14(12)21)18-19-13(9-23-16(19)17-2)15-4-3-7-22-15/h3-9,20-21H,1-2H3. The molecule has 2 aromatic heterocycles. The third kappa shape index (κ3) is 3.06. The maximum absolute atomic E-state index is 10.0. The van der Waals surface area contributed by atoms with E-state index in [2.05, 4.69) is 10.1 Å². The van der Waals surface area contributed by atoms with Crippen molar-refractivity contribution in [3.8, 4) is 22.1 Å². The molecular weight excluding hydrogens is 330 g/mol. The van der Waals surface area contributed by atoms with Gasteiger partial charge in [-0.1, -0.05) is 6.07 Å². The first-order valence-corrected chi connectivity index (χ1v) is 8.61. The van der Waals surface area contributed by atoms with E-state index in [0.717, 1.165) is 15.4 Å². The van der Waals surface area contributed by atoms with Crippen LogP contribution in [0.15, 0.2) is 51.2 Å². The van der Waals surface area contributed by atoms with E-state index in [4.69, 9.17) is 0 Å². The van der Waals surface area contributed by atoms with Crippen molar-refractivity contribution in [2.24, 2.45) is 10.1 Å². The summed E-state index contributed by atoms with van der Waals surface area (Å²) in [6.07, 6.45) is 0. The highest BCUT2D eigenvalue weighted by Gasteiger charge is 2.11. The van der Waals surface area contributed by atoms with Crippen molar-refractivity contribution in [2.45, 2.75) is 6.92 Å². The van der Waals surface area contributed by atoms with Gasteiger partial charge in [0.15, 0.2) is 0 Å². The Morgan fingerprint density at radius 1 is 1.17 bits per heavy atom. The van der Waals surface area contributed by atoms with Gasteiger partial charge in [0.05, 0.1) is 16.3 Å². The van der Waals surface area contributed by atoms with Crippen LogP contribution < -0.4 is 4.80 Å². The van der Waals surface area contributed by atoms with E-state index in [9.17, 15) is 10.2 Å². The Labute approximate surface area is 141 Å². The summed E-state index contributed by atoms with van der Waals surface area (Å²) in [6, 6.07) is 8.50. The number of thiophene rings is 1. The van der Waals surface area contributed by atoms with Gasteiger partial charge in [-0.25, -0.2) is 4.68 Å². The van der Waals surface area contributed by atoms with Crippen LogP contribution in [0.2, 0.25) is 0 Å². The molecule has 0 radical (unpaired) electrons. The molecule has 3 rings (SSSR count). The summed E-state index contributed by atoms with van der Waals surface area (Å²) in [5, 5.41) is 28.1. The monoisotopic (exact) mass is 345 g/mol. The molecule has 118 valence electrons. The quantitative estimate of drug-likeness (QED) is 0.713. The second-order valence-electron chi connectivity index (χ2n) is 4.80. The van der Waals surface area contributed by atoms with E-state index < -0.39 is 0 Å². The van der Waals surface area contributed by atoms with Crippen LogP contribution in [-0.2, 0) is 0 Å². The second-order valence-corrected chi connectivity index (χ2v) is 6.59. The van der Waals surface area contributed by atoms with Crippen LogP contribution >= 0.6 is 22.7 Å². The molecule has 0 bridgehead atoms. The van der Waals surface area contributed by atoms with Crippen LogP contribution in [0.1, 0.15) is 12.5 Å². The number of rotatable bonds is 3. The van der Waals surface area contributed by atoms with Gasteiger partial charge in [-0.15, -0.1) is 22.7 Å². The predicted molar refractivity (Wildman–Crippen MR) is 94.5 cm³/mol. The summed E-state index contributed by atoms with van der Waals surface area (Å²) in [6.45, 7) is 1.81. The van der Waals surface area contributed by atoms with Gasteiger partial charge in [-0.2, -0.15) is 5.10 Å². The van der Waals surface area contributed by atoms with Crippen molar-refractivity contribution >= 4 is 28.4 Å². The summed E-state index contributed by atoms with van der Waals surface area (Å²) >= 11 is 3.15. The van der Waals surface area contributed by atoms with Gasteiger partial charge in [0.25, 0.3) is 0 Å². The fourth-order valence-electron chi connectivity index (χ4n) is 2.17. The maximum atomic E-state index is 10.0. The van der Waals surface area contributed by atoms with E-state index in [1.807, 2.05) is 29.8 Å². The summed E-state index contributed by atoms with van der Waals surface area (Å²) in [5.74, 6) is 0.0144. The number of hydrogen-bond donors (Lipinski definition) is 2. The number of benzene rings is 1. The van der Waals surface area contributed by atoms with Crippen LogP contribution in [0, 0.1) is 0 Å². The summed E-state index contributed by atoms with van der Waals surface area (Å²) < 4.78 is 1.78. The number of nitrogens with zero attached hydrogens (tertiary/aromatic N) is 3. The smallest absolute Gasteiger partial charge is 0.205 e. The third-order valence-electron chi connectivity index (χ3n) is 3.27. The first-order chi connectivity index (χ1) is 11.1. The topological polar surface area (TPSA) is 70.1 Å². The lowest BCUT2D eigenvalue weighted by atomic mass is 10.1. The van der Waals surface area contributed by atoms with Crippen LogP contribution in [-0.4, -0.2) is 27.6 Å². The molecule has 0 atom stereocenters. The van der Waals surface area contributed by atoms with Crippen molar-refractivity contribution in [2.75, 3.05) is 7.05 Å². The van der Waals surface area contributed by atoms with Crippen LogP contribution in [0.4, 0.5) is 0 Å². The molecule has 0 saturated carbocycles. The summed E-state index contributed by atoms with van der Waals surface area (Å²) in [5.41, 5.74) is 2.16. The number of aromatic nitrogens is 1. The maximum Gasteiger partial charge on any atom is 0.205 e. The molecule has 2 N–H and O–H groups in total. The van der Waals surface area contributed by atoms with E-state index in [-0.39, 0.29) is 11.5 Å². The Kier molecular flexibility index (Phi) is 4.31. The van der Waals surface area contributed by atoms with E-state index in [1.54, 1.807) is 29.1 Å². The first kappa shape index (κ1) is 15.5. The van der Waals surface area contributed by atoms with Crippen molar-refractivity contribution < 1.29 is 10.2 Å². The normalized spacial score (nSPS) is 12.8. The third-order valence-corrected chi connectivity index (χ3v) is 5.07. The Balaban J connectivity index is 2.13. The zero-order valence-corrected chi connectivity index (χ0v) is 14.2. The van der Waals surface area contributed by atoms with Gasteiger partial charge >= 0.3 is 0 Å². The summed E-state index contributed by atoms with van der Waals surface area (Å²) in [7, 11) is 1.73. The minimum Gasteiger partial charge on any atom is -0.508 e. The van der Waals surface area contributed by atoms with Gasteiger partial charge in [0.1, 0.15) is 11.5 Å². The molecule has 7 heteroatoms. The largest absolute Gasteiger partial charge is 0.508 e. The van der Waals surface area contributed by atoms with Crippen LogP contribution in [0.3, 0.4) is 0 Å². The molecule has 0 aliphatic carbocycles. The van der Waals surface area contributed by atoms with Crippen molar-refractivity contribution in [3.63, 3.8) is 0 Å². The number of phenols is 2. The number of thiazole rings is 1. The highest BCUT2D eigenvalue weighted by Crippen LogP contribution is 2.26. The number of phenolic OH excluding ortho intramolecular Hbond substituents is 2. The molecule has 0 aliphatic heterocycles. The fourth-order valence-corrected chi connectivity index (χ4v) is 3.76. The highest BCUT2D eigenvalue weighted by atomic mass is 32.1. The van der Waals surface area contributed by atoms with Crippen LogP contribution in [0.5, 0.6) is 11.5 Å². The van der Waals surface area contributed by atoms with Crippen molar-refractivity contribution in [1.82, 2.24) is 4.68 Å². The predicted octanol–water partition coefficient (Wildman–Crippen LogP) is 3.49. The molecule has 5 nitrogen and oxygen atoms in total. The molecule has 3 aromatic rings. The fraction of sp³-hybridized carbons (Fsp3) is 0.125. The molecule has 0 amide bonds. The molecule has 0 aliphatic rings. The average Bonchev–Trinajstić information content (AvgIpc) is 3.15. The zero-order chi connectivity index (χ0) is 16.4. The molecular formula is C16H15N3O2S2. The minimum atomic E-state index is -0.00487. The molecule has 0 spiro atoms. The summed E-state index contributed by atoms with van der Waals surface area (Å²) in [4.78, 5) is 6.13. The first-order valence-electron chi connectivity index (χ1n) is 6.85. The Morgan fingerprint density at radius 2 is 2.00 bits per heavy atom. The Bertz CT molecular complexity index is 921.